The Bertz CT molecular complexity index is 522. The van der Waals surface area contributed by atoms with Gasteiger partial charge >= 0.3 is 0 Å². The fraction of sp³-hybridized carbons (Fsp3) is 0.231. The molecule has 0 fully saturated rings. The van der Waals surface area contributed by atoms with Crippen LogP contribution in [0.1, 0.15) is 22.7 Å². The van der Waals surface area contributed by atoms with Gasteiger partial charge < -0.3 is 5.32 Å². The van der Waals surface area contributed by atoms with Crippen LogP contribution in [0.4, 0.5) is 5.69 Å². The SMILES string of the molecule is Cc1ccc(C(C)Nc2cc(Cl)ccc2Cl)s1. The summed E-state index contributed by atoms with van der Waals surface area (Å²) < 4.78 is 0. The van der Waals surface area contributed by atoms with Crippen LogP contribution in [0.3, 0.4) is 0 Å². The van der Waals surface area contributed by atoms with Crippen molar-refractivity contribution in [2.45, 2.75) is 19.9 Å². The minimum atomic E-state index is 0.227. The molecule has 90 valence electrons. The molecule has 1 aromatic carbocycles. The van der Waals surface area contributed by atoms with Crippen LogP contribution < -0.4 is 5.32 Å². The molecule has 1 unspecified atom stereocenters. The molecule has 17 heavy (non-hydrogen) atoms. The molecule has 0 saturated carbocycles. The molecule has 1 N–H and O–H groups in total. The lowest BCUT2D eigenvalue weighted by molar-refractivity contribution is 0.908. The van der Waals surface area contributed by atoms with Gasteiger partial charge in [0, 0.05) is 14.8 Å². The topological polar surface area (TPSA) is 12.0 Å². The van der Waals surface area contributed by atoms with Crippen LogP contribution >= 0.6 is 34.5 Å². The van der Waals surface area contributed by atoms with E-state index in [1.54, 1.807) is 23.5 Å². The van der Waals surface area contributed by atoms with Gasteiger partial charge in [0.25, 0.3) is 0 Å². The Morgan fingerprint density at radius 3 is 2.59 bits per heavy atom. The molecule has 2 aromatic rings. The molecule has 0 radical (unpaired) electrons. The first-order chi connectivity index (χ1) is 8.06. The smallest absolute Gasteiger partial charge is 0.0638 e. The van der Waals surface area contributed by atoms with E-state index in [2.05, 4.69) is 31.3 Å². The molecule has 4 heteroatoms. The second kappa shape index (κ2) is 5.30. The molecule has 0 bridgehead atoms. The number of benzene rings is 1. The number of anilines is 1. The van der Waals surface area contributed by atoms with Gasteiger partial charge in [0.15, 0.2) is 0 Å². The lowest BCUT2D eigenvalue weighted by atomic mass is 10.2. The van der Waals surface area contributed by atoms with E-state index < -0.39 is 0 Å². The maximum Gasteiger partial charge on any atom is 0.0638 e. The molecule has 1 aromatic heterocycles. The Hall–Kier alpha value is -0.700. The van der Waals surface area contributed by atoms with Gasteiger partial charge in [-0.2, -0.15) is 0 Å². The van der Waals surface area contributed by atoms with Crippen LogP contribution in [-0.4, -0.2) is 0 Å². The van der Waals surface area contributed by atoms with E-state index in [-0.39, 0.29) is 6.04 Å². The molecular weight excluding hydrogens is 273 g/mol. The number of hydrogen-bond donors (Lipinski definition) is 1. The Morgan fingerprint density at radius 2 is 1.94 bits per heavy atom. The summed E-state index contributed by atoms with van der Waals surface area (Å²) in [4.78, 5) is 2.60. The second-order valence-electron chi connectivity index (χ2n) is 3.94. The molecule has 0 saturated heterocycles. The maximum absolute atomic E-state index is 6.12. The van der Waals surface area contributed by atoms with Crippen LogP contribution in [0, 0.1) is 6.92 Å². The van der Waals surface area contributed by atoms with Crippen molar-refractivity contribution >= 4 is 40.2 Å². The highest BCUT2D eigenvalue weighted by Gasteiger charge is 2.09. The number of thiophene rings is 1. The third kappa shape index (κ3) is 3.15. The van der Waals surface area contributed by atoms with Crippen molar-refractivity contribution < 1.29 is 0 Å². The van der Waals surface area contributed by atoms with E-state index in [4.69, 9.17) is 23.2 Å². The zero-order valence-electron chi connectivity index (χ0n) is 9.63. The second-order valence-corrected chi connectivity index (χ2v) is 6.10. The summed E-state index contributed by atoms with van der Waals surface area (Å²) in [6.45, 7) is 4.22. The maximum atomic E-state index is 6.12. The Balaban J connectivity index is 2.18. The van der Waals surface area contributed by atoms with Gasteiger partial charge in [-0.1, -0.05) is 23.2 Å². The van der Waals surface area contributed by atoms with Crippen LogP contribution in [0.25, 0.3) is 0 Å². The normalized spacial score (nSPS) is 12.5. The first-order valence-electron chi connectivity index (χ1n) is 5.34. The lowest BCUT2D eigenvalue weighted by Gasteiger charge is -2.15. The number of aryl methyl sites for hydroxylation is 1. The Labute approximate surface area is 115 Å². The summed E-state index contributed by atoms with van der Waals surface area (Å²) in [6, 6.07) is 9.92. The lowest BCUT2D eigenvalue weighted by Crippen LogP contribution is -2.05. The summed E-state index contributed by atoms with van der Waals surface area (Å²) in [5.74, 6) is 0. The summed E-state index contributed by atoms with van der Waals surface area (Å²) in [5, 5.41) is 4.75. The minimum Gasteiger partial charge on any atom is -0.376 e. The van der Waals surface area contributed by atoms with Crippen LogP contribution in [0.2, 0.25) is 10.0 Å². The highest BCUT2D eigenvalue weighted by Crippen LogP contribution is 2.31. The molecule has 0 aliphatic rings. The van der Waals surface area contributed by atoms with Gasteiger partial charge in [0.05, 0.1) is 16.8 Å². The summed E-state index contributed by atoms with van der Waals surface area (Å²) in [7, 11) is 0. The molecule has 0 amide bonds. The number of nitrogens with one attached hydrogen (secondary N) is 1. The third-order valence-corrected chi connectivity index (χ3v) is 4.24. The van der Waals surface area contributed by atoms with Crippen molar-refractivity contribution in [1.82, 2.24) is 0 Å². The van der Waals surface area contributed by atoms with Crippen molar-refractivity contribution in [2.24, 2.45) is 0 Å². The summed E-state index contributed by atoms with van der Waals surface area (Å²) in [5.41, 5.74) is 0.873. The molecule has 2 rings (SSSR count). The molecule has 0 spiro atoms. The van der Waals surface area contributed by atoms with Crippen molar-refractivity contribution in [3.63, 3.8) is 0 Å². The highest BCUT2D eigenvalue weighted by molar-refractivity contribution is 7.12. The highest BCUT2D eigenvalue weighted by atomic mass is 35.5. The van der Waals surface area contributed by atoms with Crippen LogP contribution in [-0.2, 0) is 0 Å². The summed E-state index contributed by atoms with van der Waals surface area (Å²) >= 11 is 13.9. The Kier molecular flexibility index (Phi) is 3.97. The quantitative estimate of drug-likeness (QED) is 0.781. The molecule has 0 aliphatic carbocycles. The zero-order valence-corrected chi connectivity index (χ0v) is 12.0. The number of rotatable bonds is 3. The van der Waals surface area contributed by atoms with Gasteiger partial charge in [-0.3, -0.25) is 0 Å². The predicted octanol–water partition coefficient (Wildman–Crippen LogP) is 5.54. The van der Waals surface area contributed by atoms with Gasteiger partial charge in [0.2, 0.25) is 0 Å². The number of hydrogen-bond acceptors (Lipinski definition) is 2. The monoisotopic (exact) mass is 285 g/mol. The van der Waals surface area contributed by atoms with Crippen molar-refractivity contribution in [3.8, 4) is 0 Å². The van der Waals surface area contributed by atoms with E-state index in [0.29, 0.717) is 10.0 Å². The van der Waals surface area contributed by atoms with E-state index in [9.17, 15) is 0 Å². The average molecular weight is 286 g/mol. The first kappa shape index (κ1) is 12.7. The molecule has 1 atom stereocenters. The average Bonchev–Trinajstić information content (AvgIpc) is 2.70. The van der Waals surface area contributed by atoms with E-state index in [1.807, 2.05) is 6.07 Å². The minimum absolute atomic E-state index is 0.227. The van der Waals surface area contributed by atoms with Crippen LogP contribution in [0.5, 0.6) is 0 Å². The predicted molar refractivity (Wildman–Crippen MR) is 77.6 cm³/mol. The van der Waals surface area contributed by atoms with Crippen LogP contribution in [0.15, 0.2) is 30.3 Å². The first-order valence-corrected chi connectivity index (χ1v) is 6.91. The number of halogens is 2. The molecule has 1 nitrogen and oxygen atoms in total. The van der Waals surface area contributed by atoms with Gasteiger partial charge in [-0.25, -0.2) is 0 Å². The third-order valence-electron chi connectivity index (χ3n) is 2.49. The standard InChI is InChI=1S/C13H13Cl2NS/c1-8-3-6-13(17-8)9(2)16-12-7-10(14)4-5-11(12)15/h3-7,9,16H,1-2H3. The van der Waals surface area contributed by atoms with Gasteiger partial charge in [-0.15, -0.1) is 11.3 Å². The fourth-order valence-electron chi connectivity index (χ4n) is 1.60. The van der Waals surface area contributed by atoms with Gasteiger partial charge in [0.1, 0.15) is 0 Å². The van der Waals surface area contributed by atoms with Crippen molar-refractivity contribution in [3.05, 3.63) is 50.1 Å². The van der Waals surface area contributed by atoms with E-state index in [0.717, 1.165) is 5.69 Å². The van der Waals surface area contributed by atoms with E-state index in [1.165, 1.54) is 9.75 Å². The fourth-order valence-corrected chi connectivity index (χ4v) is 2.82. The van der Waals surface area contributed by atoms with Gasteiger partial charge in [-0.05, 0) is 44.2 Å². The summed E-state index contributed by atoms with van der Waals surface area (Å²) in [6.07, 6.45) is 0. The zero-order chi connectivity index (χ0) is 12.4. The molecule has 0 aliphatic heterocycles. The van der Waals surface area contributed by atoms with Crippen molar-refractivity contribution in [2.75, 3.05) is 5.32 Å². The molecular formula is C13H13Cl2NS. The largest absolute Gasteiger partial charge is 0.376 e. The van der Waals surface area contributed by atoms with Crippen molar-refractivity contribution in [1.29, 1.82) is 0 Å². The van der Waals surface area contributed by atoms with E-state index >= 15 is 0 Å². The molecule has 1 heterocycles. The Morgan fingerprint density at radius 1 is 1.18 bits per heavy atom.